The van der Waals surface area contributed by atoms with Gasteiger partial charge in [0.1, 0.15) is 16.7 Å². The molecule has 2 atom stereocenters. The van der Waals surface area contributed by atoms with Gasteiger partial charge in [0.05, 0.1) is 25.4 Å². The van der Waals surface area contributed by atoms with E-state index in [1.807, 2.05) is 67.1 Å². The number of thioether (sulfide) groups is 1. The van der Waals surface area contributed by atoms with E-state index < -0.39 is 5.25 Å². The van der Waals surface area contributed by atoms with Crippen LogP contribution in [0.1, 0.15) is 31.3 Å². The van der Waals surface area contributed by atoms with Crippen molar-refractivity contribution in [3.63, 3.8) is 0 Å². The van der Waals surface area contributed by atoms with Gasteiger partial charge < -0.3 is 20.2 Å². The number of nitrogens with zero attached hydrogens (tertiary/aromatic N) is 3. The zero-order chi connectivity index (χ0) is 21.8. The average Bonchev–Trinajstić information content (AvgIpc) is 3.21. The summed E-state index contributed by atoms with van der Waals surface area (Å²) in [5.74, 6) is 2.08. The van der Waals surface area contributed by atoms with Crippen LogP contribution < -0.4 is 20.2 Å². The van der Waals surface area contributed by atoms with Gasteiger partial charge >= 0.3 is 0 Å². The number of aromatic nitrogens is 3. The van der Waals surface area contributed by atoms with Crippen LogP contribution >= 0.6 is 11.8 Å². The van der Waals surface area contributed by atoms with Crippen molar-refractivity contribution < 1.29 is 14.3 Å². The highest BCUT2D eigenvalue weighted by Crippen LogP contribution is 2.38. The number of para-hydroxylation sites is 2. The molecule has 0 saturated heterocycles. The molecular weight excluding hydrogens is 414 g/mol. The Morgan fingerprint density at radius 3 is 2.65 bits per heavy atom. The minimum absolute atomic E-state index is 0.145. The van der Waals surface area contributed by atoms with Crippen molar-refractivity contribution in [2.75, 3.05) is 24.5 Å². The van der Waals surface area contributed by atoms with Gasteiger partial charge in [-0.3, -0.25) is 4.79 Å². The van der Waals surface area contributed by atoms with Crippen LogP contribution in [-0.2, 0) is 11.2 Å². The second-order valence-electron chi connectivity index (χ2n) is 6.92. The smallest absolute Gasteiger partial charge is 0.240 e. The second-order valence-corrected chi connectivity index (χ2v) is 8.03. The standard InChI is InChI=1S/C22H25N5O3S/c1-4-18-24-25-22-27(18)26-19(14-10-12-15(13-11-14)30-5-2)20(31-22)21(28)23-16-8-6-7-9-17(16)29-3/h6-13,19-20,26H,4-5H2,1-3H3,(H,23,28)/t19-,20+/m0/s1. The van der Waals surface area contributed by atoms with E-state index in [2.05, 4.69) is 20.9 Å². The first-order chi connectivity index (χ1) is 15.1. The molecular formula is C22H25N5O3S. The first kappa shape index (κ1) is 21.0. The Bertz CT molecular complexity index is 1050. The van der Waals surface area contributed by atoms with Gasteiger partial charge in [0, 0.05) is 6.42 Å². The van der Waals surface area contributed by atoms with Crippen LogP contribution in [0, 0.1) is 0 Å². The fraction of sp³-hybridized carbons (Fsp3) is 0.318. The van der Waals surface area contributed by atoms with Crippen molar-refractivity contribution in [2.45, 2.75) is 36.7 Å². The minimum atomic E-state index is -0.468. The van der Waals surface area contributed by atoms with E-state index in [1.54, 1.807) is 7.11 Å². The third-order valence-corrected chi connectivity index (χ3v) is 6.21. The number of benzene rings is 2. The lowest BCUT2D eigenvalue weighted by Gasteiger charge is -2.33. The number of fused-ring (bicyclic) bond motifs is 1. The van der Waals surface area contributed by atoms with E-state index in [0.29, 0.717) is 23.2 Å². The molecule has 162 valence electrons. The third kappa shape index (κ3) is 4.32. The fourth-order valence-electron chi connectivity index (χ4n) is 3.47. The fourth-order valence-corrected chi connectivity index (χ4v) is 4.57. The molecule has 0 aliphatic carbocycles. The zero-order valence-electron chi connectivity index (χ0n) is 17.7. The van der Waals surface area contributed by atoms with E-state index in [0.717, 1.165) is 23.6 Å². The molecule has 2 heterocycles. The summed E-state index contributed by atoms with van der Waals surface area (Å²) in [6.45, 7) is 4.58. The average molecular weight is 440 g/mol. The number of nitrogens with one attached hydrogen (secondary N) is 2. The van der Waals surface area contributed by atoms with Gasteiger partial charge in [-0.05, 0) is 36.8 Å². The Kier molecular flexibility index (Phi) is 6.31. The number of ether oxygens (including phenoxy) is 2. The highest BCUT2D eigenvalue weighted by molar-refractivity contribution is 8.00. The number of rotatable bonds is 7. The Morgan fingerprint density at radius 2 is 1.94 bits per heavy atom. The van der Waals surface area contributed by atoms with Crippen LogP contribution in [0.4, 0.5) is 5.69 Å². The number of carbonyl (C=O) groups excluding carboxylic acids is 1. The van der Waals surface area contributed by atoms with Crippen LogP contribution in [0.2, 0.25) is 0 Å². The summed E-state index contributed by atoms with van der Waals surface area (Å²) in [6, 6.07) is 14.9. The molecule has 9 heteroatoms. The van der Waals surface area contributed by atoms with E-state index in [9.17, 15) is 4.79 Å². The number of carbonyl (C=O) groups is 1. The molecule has 31 heavy (non-hydrogen) atoms. The lowest BCUT2D eigenvalue weighted by Crippen LogP contribution is -2.41. The molecule has 2 N–H and O–H groups in total. The molecule has 0 fully saturated rings. The summed E-state index contributed by atoms with van der Waals surface area (Å²) in [5, 5.41) is 11.7. The molecule has 0 spiro atoms. The van der Waals surface area contributed by atoms with E-state index in [4.69, 9.17) is 9.47 Å². The molecule has 0 bridgehead atoms. The van der Waals surface area contributed by atoms with Gasteiger partial charge in [0.2, 0.25) is 11.1 Å². The largest absolute Gasteiger partial charge is 0.495 e. The molecule has 2 aromatic carbocycles. The lowest BCUT2D eigenvalue weighted by atomic mass is 10.0. The second kappa shape index (κ2) is 9.30. The van der Waals surface area contributed by atoms with Crippen LogP contribution in [-0.4, -0.2) is 39.7 Å². The highest BCUT2D eigenvalue weighted by Gasteiger charge is 2.38. The summed E-state index contributed by atoms with van der Waals surface area (Å²) in [5.41, 5.74) is 5.04. The van der Waals surface area contributed by atoms with Crippen LogP contribution in [0.15, 0.2) is 53.7 Å². The number of hydrogen-bond acceptors (Lipinski definition) is 7. The van der Waals surface area contributed by atoms with Gasteiger partial charge in [-0.15, -0.1) is 10.2 Å². The summed E-state index contributed by atoms with van der Waals surface area (Å²) in [6.07, 6.45) is 0.731. The van der Waals surface area contributed by atoms with Crippen molar-refractivity contribution >= 4 is 23.4 Å². The number of methoxy groups -OCH3 is 1. The first-order valence-electron chi connectivity index (χ1n) is 10.2. The maximum atomic E-state index is 13.4. The molecule has 1 aliphatic heterocycles. The predicted molar refractivity (Wildman–Crippen MR) is 120 cm³/mol. The van der Waals surface area contributed by atoms with Gasteiger partial charge in [-0.1, -0.05) is 43.0 Å². The van der Waals surface area contributed by atoms with Gasteiger partial charge in [0.15, 0.2) is 5.82 Å². The summed E-state index contributed by atoms with van der Waals surface area (Å²) < 4.78 is 12.8. The van der Waals surface area contributed by atoms with Crippen molar-refractivity contribution in [3.8, 4) is 11.5 Å². The summed E-state index contributed by atoms with van der Waals surface area (Å²) in [7, 11) is 1.58. The van der Waals surface area contributed by atoms with E-state index >= 15 is 0 Å². The molecule has 8 nitrogen and oxygen atoms in total. The lowest BCUT2D eigenvalue weighted by molar-refractivity contribution is -0.116. The number of amides is 1. The number of anilines is 1. The highest BCUT2D eigenvalue weighted by atomic mass is 32.2. The topological polar surface area (TPSA) is 90.3 Å². The minimum Gasteiger partial charge on any atom is -0.495 e. The van der Waals surface area contributed by atoms with Gasteiger partial charge in [0.25, 0.3) is 0 Å². The molecule has 0 saturated carbocycles. The molecule has 3 aromatic rings. The predicted octanol–water partition coefficient (Wildman–Crippen LogP) is 3.65. The Hall–Kier alpha value is -3.20. The van der Waals surface area contributed by atoms with E-state index in [-0.39, 0.29) is 11.9 Å². The monoisotopic (exact) mass is 439 g/mol. The Labute approximate surface area is 185 Å². The third-order valence-electron chi connectivity index (χ3n) is 4.99. The van der Waals surface area contributed by atoms with Crippen molar-refractivity contribution in [1.82, 2.24) is 14.9 Å². The zero-order valence-corrected chi connectivity index (χ0v) is 18.5. The number of aryl methyl sites for hydroxylation is 1. The van der Waals surface area contributed by atoms with Crippen molar-refractivity contribution in [3.05, 3.63) is 59.9 Å². The maximum Gasteiger partial charge on any atom is 0.240 e. The maximum absolute atomic E-state index is 13.4. The Morgan fingerprint density at radius 1 is 1.16 bits per heavy atom. The molecule has 4 rings (SSSR count). The van der Waals surface area contributed by atoms with E-state index in [1.165, 1.54) is 11.8 Å². The molecule has 1 aliphatic rings. The van der Waals surface area contributed by atoms with Crippen LogP contribution in [0.5, 0.6) is 11.5 Å². The molecule has 0 unspecified atom stereocenters. The molecule has 0 radical (unpaired) electrons. The number of hydrogen-bond donors (Lipinski definition) is 2. The SMILES string of the molecule is CCOc1ccc([C@@H]2Nn3c(CC)nnc3S[C@H]2C(=O)Nc2ccccc2OC)cc1. The summed E-state index contributed by atoms with van der Waals surface area (Å²) >= 11 is 1.39. The van der Waals surface area contributed by atoms with Crippen LogP contribution in [0.3, 0.4) is 0 Å². The van der Waals surface area contributed by atoms with Crippen LogP contribution in [0.25, 0.3) is 0 Å². The van der Waals surface area contributed by atoms with Gasteiger partial charge in [-0.2, -0.15) is 0 Å². The molecule has 1 aromatic heterocycles. The van der Waals surface area contributed by atoms with Crippen molar-refractivity contribution in [1.29, 1.82) is 0 Å². The summed E-state index contributed by atoms with van der Waals surface area (Å²) in [4.78, 5) is 13.4. The van der Waals surface area contributed by atoms with Crippen molar-refractivity contribution in [2.24, 2.45) is 0 Å². The normalized spacial score (nSPS) is 17.4. The van der Waals surface area contributed by atoms with Gasteiger partial charge in [-0.25, -0.2) is 4.68 Å². The quantitative estimate of drug-likeness (QED) is 0.581. The Balaban J connectivity index is 1.66. The molecule has 1 amide bonds. The first-order valence-corrected chi connectivity index (χ1v) is 11.1.